The topological polar surface area (TPSA) is 16.1 Å². The Hall–Kier alpha value is -0.940. The summed E-state index contributed by atoms with van der Waals surface area (Å²) in [5, 5.41) is 0. The Balaban J connectivity index is 1.76. The summed E-state index contributed by atoms with van der Waals surface area (Å²) in [6, 6.07) is 16.3. The number of alkyl halides is 1. The summed E-state index contributed by atoms with van der Waals surface area (Å²) in [5.41, 5.74) is 2.79. The van der Waals surface area contributed by atoms with Crippen molar-refractivity contribution in [3.05, 3.63) is 66.0 Å². The molecule has 2 aromatic rings. The van der Waals surface area contributed by atoms with Gasteiger partial charge in [0.25, 0.3) is 0 Å². The first-order chi connectivity index (χ1) is 9.38. The van der Waals surface area contributed by atoms with Crippen LogP contribution in [0.1, 0.15) is 23.6 Å². The van der Waals surface area contributed by atoms with Crippen molar-refractivity contribution in [3.8, 4) is 0 Å². The molecule has 0 unspecified atom stereocenters. The van der Waals surface area contributed by atoms with Gasteiger partial charge in [0.15, 0.2) is 0 Å². The summed E-state index contributed by atoms with van der Waals surface area (Å²) < 4.78 is 1.20. The van der Waals surface area contributed by atoms with Crippen LogP contribution in [-0.4, -0.2) is 20.4 Å². The molecule has 19 heavy (non-hydrogen) atoms. The quantitative estimate of drug-likeness (QED) is 0.606. The summed E-state index contributed by atoms with van der Waals surface area (Å²) in [6.45, 7) is 1.04. The molecule has 1 aromatic heterocycles. The third-order valence-electron chi connectivity index (χ3n) is 3.84. The van der Waals surface area contributed by atoms with Crippen LogP contribution < -0.4 is 0 Å². The van der Waals surface area contributed by atoms with E-state index in [2.05, 4.69) is 74.9 Å². The lowest BCUT2D eigenvalue weighted by Gasteiger charge is -2.48. The van der Waals surface area contributed by atoms with Crippen LogP contribution >= 0.6 is 22.6 Å². The number of hydrogen-bond acceptors (Lipinski definition) is 2. The van der Waals surface area contributed by atoms with Crippen LogP contribution in [0.3, 0.4) is 0 Å². The van der Waals surface area contributed by atoms with Gasteiger partial charge in [0.1, 0.15) is 0 Å². The highest BCUT2D eigenvalue weighted by molar-refractivity contribution is 14.1. The van der Waals surface area contributed by atoms with Crippen molar-refractivity contribution < 1.29 is 0 Å². The first-order valence-corrected chi connectivity index (χ1v) is 8.16. The van der Waals surface area contributed by atoms with E-state index in [4.69, 9.17) is 0 Å². The van der Waals surface area contributed by atoms with Crippen molar-refractivity contribution in [2.45, 2.75) is 25.0 Å². The molecule has 0 saturated carbocycles. The standard InChI is InChI=1S/C16H17IN2/c17-11-15-10-16(14-6-8-18-9-7-14)19(15)12-13-4-2-1-3-5-13/h1-9,15-16H,10-12H2/t15-,16+/m0/s1. The van der Waals surface area contributed by atoms with Crippen LogP contribution in [-0.2, 0) is 6.54 Å². The maximum absolute atomic E-state index is 4.11. The minimum atomic E-state index is 0.558. The monoisotopic (exact) mass is 364 g/mol. The molecule has 2 atom stereocenters. The second kappa shape index (κ2) is 6.01. The molecule has 1 aromatic carbocycles. The molecule has 0 radical (unpaired) electrons. The zero-order chi connectivity index (χ0) is 13.1. The first-order valence-electron chi connectivity index (χ1n) is 6.64. The predicted octanol–water partition coefficient (Wildman–Crippen LogP) is 3.83. The Morgan fingerprint density at radius 3 is 2.53 bits per heavy atom. The summed E-state index contributed by atoms with van der Waals surface area (Å²) in [6.07, 6.45) is 5.06. The molecule has 98 valence electrons. The molecule has 2 heterocycles. The van der Waals surface area contributed by atoms with Crippen LogP contribution in [0.5, 0.6) is 0 Å². The minimum Gasteiger partial charge on any atom is -0.288 e. The number of aromatic nitrogens is 1. The number of pyridine rings is 1. The van der Waals surface area contributed by atoms with Gasteiger partial charge in [-0.1, -0.05) is 52.9 Å². The summed E-state index contributed by atoms with van der Waals surface area (Å²) in [5.74, 6) is 0. The first kappa shape index (κ1) is 13.1. The number of halogens is 1. The van der Waals surface area contributed by atoms with Gasteiger partial charge in [0.05, 0.1) is 0 Å². The van der Waals surface area contributed by atoms with Gasteiger partial charge in [-0.3, -0.25) is 9.88 Å². The molecule has 0 N–H and O–H groups in total. The molecular weight excluding hydrogens is 347 g/mol. The van der Waals surface area contributed by atoms with Crippen molar-refractivity contribution >= 4 is 22.6 Å². The largest absolute Gasteiger partial charge is 0.288 e. The Kier molecular flexibility index (Phi) is 4.13. The zero-order valence-electron chi connectivity index (χ0n) is 10.7. The fourth-order valence-electron chi connectivity index (χ4n) is 2.74. The molecule has 1 aliphatic heterocycles. The van der Waals surface area contributed by atoms with Crippen LogP contribution in [0, 0.1) is 0 Å². The van der Waals surface area contributed by atoms with E-state index in [0.717, 1.165) is 6.54 Å². The summed E-state index contributed by atoms with van der Waals surface area (Å²) in [7, 11) is 0. The van der Waals surface area contributed by atoms with E-state index in [0.29, 0.717) is 12.1 Å². The van der Waals surface area contributed by atoms with Crippen LogP contribution in [0.2, 0.25) is 0 Å². The van der Waals surface area contributed by atoms with E-state index in [9.17, 15) is 0 Å². The molecule has 3 heteroatoms. The van der Waals surface area contributed by atoms with E-state index in [1.165, 1.54) is 22.0 Å². The van der Waals surface area contributed by atoms with E-state index < -0.39 is 0 Å². The number of rotatable bonds is 4. The average Bonchev–Trinajstić information content (AvgIpc) is 2.46. The second-order valence-electron chi connectivity index (χ2n) is 5.00. The molecule has 1 fully saturated rings. The molecule has 0 spiro atoms. The maximum Gasteiger partial charge on any atom is 0.0371 e. The molecular formula is C16H17IN2. The second-order valence-corrected chi connectivity index (χ2v) is 5.88. The normalized spacial score (nSPS) is 23.0. The van der Waals surface area contributed by atoms with Crippen molar-refractivity contribution in [2.75, 3.05) is 4.43 Å². The summed E-state index contributed by atoms with van der Waals surface area (Å²) in [4.78, 5) is 6.72. The average molecular weight is 364 g/mol. The van der Waals surface area contributed by atoms with Gasteiger partial charge >= 0.3 is 0 Å². The Morgan fingerprint density at radius 1 is 1.11 bits per heavy atom. The van der Waals surface area contributed by atoms with E-state index in [1.807, 2.05) is 12.4 Å². The number of likely N-dealkylation sites (tertiary alicyclic amines) is 1. The molecule has 0 aliphatic carbocycles. The lowest BCUT2D eigenvalue weighted by Crippen LogP contribution is -2.50. The lowest BCUT2D eigenvalue weighted by atomic mass is 9.88. The van der Waals surface area contributed by atoms with Gasteiger partial charge in [-0.15, -0.1) is 0 Å². The van der Waals surface area contributed by atoms with Gasteiger partial charge in [-0.2, -0.15) is 0 Å². The Labute approximate surface area is 128 Å². The van der Waals surface area contributed by atoms with Gasteiger partial charge in [0.2, 0.25) is 0 Å². The van der Waals surface area contributed by atoms with Gasteiger partial charge in [-0.25, -0.2) is 0 Å². The van der Waals surface area contributed by atoms with Crippen molar-refractivity contribution in [2.24, 2.45) is 0 Å². The molecule has 1 saturated heterocycles. The van der Waals surface area contributed by atoms with Gasteiger partial charge < -0.3 is 0 Å². The van der Waals surface area contributed by atoms with Crippen molar-refractivity contribution in [1.82, 2.24) is 9.88 Å². The maximum atomic E-state index is 4.11. The fourth-order valence-corrected chi connectivity index (χ4v) is 3.61. The van der Waals surface area contributed by atoms with Crippen LogP contribution in [0.4, 0.5) is 0 Å². The molecule has 0 amide bonds. The highest BCUT2D eigenvalue weighted by Crippen LogP contribution is 2.40. The molecule has 0 bridgehead atoms. The van der Waals surface area contributed by atoms with Crippen molar-refractivity contribution in [1.29, 1.82) is 0 Å². The van der Waals surface area contributed by atoms with Crippen molar-refractivity contribution in [3.63, 3.8) is 0 Å². The Morgan fingerprint density at radius 2 is 1.84 bits per heavy atom. The van der Waals surface area contributed by atoms with Gasteiger partial charge in [0, 0.05) is 35.4 Å². The highest BCUT2D eigenvalue weighted by atomic mass is 127. The predicted molar refractivity (Wildman–Crippen MR) is 86.3 cm³/mol. The minimum absolute atomic E-state index is 0.558. The highest BCUT2D eigenvalue weighted by Gasteiger charge is 2.38. The van der Waals surface area contributed by atoms with E-state index in [1.54, 1.807) is 0 Å². The van der Waals surface area contributed by atoms with E-state index >= 15 is 0 Å². The third-order valence-corrected chi connectivity index (χ3v) is 4.86. The van der Waals surface area contributed by atoms with Crippen LogP contribution in [0.25, 0.3) is 0 Å². The van der Waals surface area contributed by atoms with Crippen LogP contribution in [0.15, 0.2) is 54.9 Å². The molecule has 2 nitrogen and oxygen atoms in total. The zero-order valence-corrected chi connectivity index (χ0v) is 12.9. The third kappa shape index (κ3) is 2.82. The SMILES string of the molecule is IC[C@@H]1C[C@H](c2ccncc2)N1Cc1ccccc1. The summed E-state index contributed by atoms with van der Waals surface area (Å²) >= 11 is 2.50. The van der Waals surface area contributed by atoms with Gasteiger partial charge in [-0.05, 0) is 29.7 Å². The molecule has 3 rings (SSSR count). The smallest absolute Gasteiger partial charge is 0.0371 e. The molecule has 1 aliphatic rings. The lowest BCUT2D eigenvalue weighted by molar-refractivity contribution is 0.0210. The van der Waals surface area contributed by atoms with E-state index in [-0.39, 0.29) is 0 Å². The number of benzene rings is 1. The number of nitrogens with zero attached hydrogens (tertiary/aromatic N) is 2. The number of hydrogen-bond donors (Lipinski definition) is 0. The Bertz CT molecular complexity index is 515. The fraction of sp³-hybridized carbons (Fsp3) is 0.312.